The Kier molecular flexibility index (Phi) is 8.62. The minimum Gasteiger partial charge on any atom is -0.482 e. The highest BCUT2D eigenvalue weighted by atomic mass is 16.6. The number of carbonyl (C=O) groups is 3. The van der Waals surface area contributed by atoms with Crippen LogP contribution in [-0.2, 0) is 28.6 Å². The molecular weight excluding hydrogens is 432 g/mol. The molecule has 0 fully saturated rings. The SMILES string of the molecule is CCC(C)(CC(C)(C)C(=O)OCCOC(=O)COc1ccc2oc(=O)ccc2c1)C(=O)OC. The van der Waals surface area contributed by atoms with Crippen LogP contribution in [0, 0.1) is 10.8 Å². The number of benzene rings is 1. The third-order valence-corrected chi connectivity index (χ3v) is 5.37. The Balaban J connectivity index is 1.76. The van der Waals surface area contributed by atoms with E-state index < -0.39 is 28.4 Å². The van der Waals surface area contributed by atoms with E-state index in [0.717, 1.165) is 0 Å². The molecule has 0 aliphatic heterocycles. The molecule has 0 amide bonds. The van der Waals surface area contributed by atoms with Gasteiger partial charge in [-0.25, -0.2) is 9.59 Å². The molecule has 1 atom stereocenters. The molecule has 0 saturated carbocycles. The van der Waals surface area contributed by atoms with E-state index in [9.17, 15) is 19.2 Å². The second-order valence-corrected chi connectivity index (χ2v) is 8.57. The highest BCUT2D eigenvalue weighted by Gasteiger charge is 2.42. The summed E-state index contributed by atoms with van der Waals surface area (Å²) in [4.78, 5) is 47.7. The molecule has 0 N–H and O–H groups in total. The first-order valence-electron chi connectivity index (χ1n) is 10.6. The summed E-state index contributed by atoms with van der Waals surface area (Å²) < 4.78 is 25.6. The van der Waals surface area contributed by atoms with Crippen LogP contribution in [0.5, 0.6) is 5.75 Å². The van der Waals surface area contributed by atoms with Crippen LogP contribution in [0.4, 0.5) is 0 Å². The molecule has 0 aliphatic rings. The van der Waals surface area contributed by atoms with Crippen molar-refractivity contribution >= 4 is 28.9 Å². The van der Waals surface area contributed by atoms with Crippen LogP contribution < -0.4 is 10.4 Å². The first-order chi connectivity index (χ1) is 15.5. The Hall–Kier alpha value is -3.36. The van der Waals surface area contributed by atoms with Crippen molar-refractivity contribution in [1.29, 1.82) is 0 Å². The molecule has 2 rings (SSSR count). The van der Waals surface area contributed by atoms with Gasteiger partial charge in [0.1, 0.15) is 24.5 Å². The summed E-state index contributed by atoms with van der Waals surface area (Å²) in [7, 11) is 1.32. The predicted octanol–water partition coefficient (Wildman–Crippen LogP) is 3.26. The smallest absolute Gasteiger partial charge is 0.344 e. The van der Waals surface area contributed by atoms with Gasteiger partial charge in [0.2, 0.25) is 0 Å². The van der Waals surface area contributed by atoms with Crippen LogP contribution in [0.3, 0.4) is 0 Å². The quantitative estimate of drug-likeness (QED) is 0.214. The largest absolute Gasteiger partial charge is 0.482 e. The van der Waals surface area contributed by atoms with Gasteiger partial charge >= 0.3 is 23.5 Å². The van der Waals surface area contributed by atoms with Gasteiger partial charge in [-0.3, -0.25) is 9.59 Å². The summed E-state index contributed by atoms with van der Waals surface area (Å²) >= 11 is 0. The van der Waals surface area contributed by atoms with E-state index in [4.69, 9.17) is 23.4 Å². The Morgan fingerprint density at radius 3 is 2.33 bits per heavy atom. The molecule has 2 aromatic rings. The van der Waals surface area contributed by atoms with Gasteiger partial charge in [0.25, 0.3) is 0 Å². The van der Waals surface area contributed by atoms with Crippen molar-refractivity contribution < 1.29 is 37.7 Å². The highest BCUT2D eigenvalue weighted by molar-refractivity contribution is 5.80. The molecule has 0 spiro atoms. The molecule has 9 heteroatoms. The van der Waals surface area contributed by atoms with Gasteiger partial charge in [-0.2, -0.15) is 0 Å². The summed E-state index contributed by atoms with van der Waals surface area (Å²) in [6, 6.07) is 7.66. The molecule has 0 bridgehead atoms. The van der Waals surface area contributed by atoms with E-state index >= 15 is 0 Å². The molecule has 1 aromatic carbocycles. The fourth-order valence-electron chi connectivity index (χ4n) is 3.44. The first-order valence-corrected chi connectivity index (χ1v) is 10.6. The number of carbonyl (C=O) groups excluding carboxylic acids is 3. The standard InChI is InChI=1S/C24H30O9/c1-6-24(4,22(28)29-5)15-23(2,3)21(27)31-12-11-30-20(26)14-32-17-8-9-18-16(13-17)7-10-19(25)33-18/h7-10,13H,6,11-12,14-15H2,1-5H3. The second-order valence-electron chi connectivity index (χ2n) is 8.57. The minimum atomic E-state index is -0.929. The summed E-state index contributed by atoms with van der Waals surface area (Å²) in [5.74, 6) is -1.10. The van der Waals surface area contributed by atoms with Crippen molar-refractivity contribution in [2.45, 2.75) is 40.5 Å². The lowest BCUT2D eigenvalue weighted by atomic mass is 9.72. The summed E-state index contributed by atoms with van der Waals surface area (Å²) in [6.45, 7) is 6.41. The molecular formula is C24H30O9. The van der Waals surface area contributed by atoms with E-state index in [2.05, 4.69) is 0 Å². The van der Waals surface area contributed by atoms with Gasteiger partial charge in [0.05, 0.1) is 17.9 Å². The lowest BCUT2D eigenvalue weighted by Crippen LogP contribution is -2.38. The molecule has 1 aromatic heterocycles. The van der Waals surface area contributed by atoms with E-state index in [1.54, 1.807) is 45.0 Å². The number of fused-ring (bicyclic) bond motifs is 1. The zero-order valence-electron chi connectivity index (χ0n) is 19.6. The molecule has 33 heavy (non-hydrogen) atoms. The monoisotopic (exact) mass is 462 g/mol. The van der Waals surface area contributed by atoms with Crippen molar-refractivity contribution in [2.24, 2.45) is 10.8 Å². The average molecular weight is 462 g/mol. The highest BCUT2D eigenvalue weighted by Crippen LogP contribution is 2.38. The number of hydrogen-bond donors (Lipinski definition) is 0. The Morgan fingerprint density at radius 2 is 1.67 bits per heavy atom. The van der Waals surface area contributed by atoms with E-state index in [1.807, 2.05) is 6.92 Å². The average Bonchev–Trinajstić information content (AvgIpc) is 2.79. The Morgan fingerprint density at radius 1 is 0.970 bits per heavy atom. The topological polar surface area (TPSA) is 118 Å². The summed E-state index contributed by atoms with van der Waals surface area (Å²) in [5, 5.41) is 0.654. The summed E-state index contributed by atoms with van der Waals surface area (Å²) in [6.07, 6.45) is 0.768. The Labute approximate surface area is 191 Å². The number of methoxy groups -OCH3 is 1. The second kappa shape index (κ2) is 11.0. The van der Waals surface area contributed by atoms with E-state index in [-0.39, 0.29) is 32.2 Å². The van der Waals surface area contributed by atoms with E-state index in [0.29, 0.717) is 23.1 Å². The number of esters is 3. The van der Waals surface area contributed by atoms with Crippen LogP contribution in [0.2, 0.25) is 0 Å². The van der Waals surface area contributed by atoms with Crippen molar-refractivity contribution in [3.8, 4) is 5.75 Å². The van der Waals surface area contributed by atoms with Crippen molar-refractivity contribution in [1.82, 2.24) is 0 Å². The predicted molar refractivity (Wildman–Crippen MR) is 119 cm³/mol. The molecule has 9 nitrogen and oxygen atoms in total. The van der Waals surface area contributed by atoms with Crippen molar-refractivity contribution in [3.63, 3.8) is 0 Å². The normalized spacial score (nSPS) is 13.1. The van der Waals surface area contributed by atoms with Gasteiger partial charge in [-0.15, -0.1) is 0 Å². The molecule has 1 unspecified atom stereocenters. The number of ether oxygens (including phenoxy) is 4. The first kappa shape index (κ1) is 25.9. The molecule has 1 heterocycles. The third-order valence-electron chi connectivity index (χ3n) is 5.37. The zero-order valence-corrected chi connectivity index (χ0v) is 19.6. The van der Waals surface area contributed by atoms with Gasteiger partial charge in [0, 0.05) is 11.5 Å². The van der Waals surface area contributed by atoms with Gasteiger partial charge < -0.3 is 23.4 Å². The van der Waals surface area contributed by atoms with Crippen molar-refractivity contribution in [3.05, 3.63) is 40.8 Å². The molecule has 0 radical (unpaired) electrons. The van der Waals surface area contributed by atoms with Gasteiger partial charge in [-0.05, 0) is 57.9 Å². The maximum atomic E-state index is 12.5. The summed E-state index contributed by atoms with van der Waals surface area (Å²) in [5.41, 5.74) is -1.78. The zero-order chi connectivity index (χ0) is 24.6. The van der Waals surface area contributed by atoms with Crippen LogP contribution in [0.25, 0.3) is 11.0 Å². The fraction of sp³-hybridized carbons (Fsp3) is 0.500. The Bertz CT molecular complexity index is 1050. The molecule has 0 saturated heterocycles. The van der Waals surface area contributed by atoms with Crippen LogP contribution in [0.15, 0.2) is 39.5 Å². The van der Waals surface area contributed by atoms with Crippen LogP contribution in [0.1, 0.15) is 40.5 Å². The van der Waals surface area contributed by atoms with Gasteiger partial charge in [0.15, 0.2) is 6.61 Å². The van der Waals surface area contributed by atoms with Crippen LogP contribution in [-0.4, -0.2) is 44.8 Å². The maximum Gasteiger partial charge on any atom is 0.344 e. The molecule has 180 valence electrons. The lowest BCUT2D eigenvalue weighted by molar-refractivity contribution is -0.164. The lowest BCUT2D eigenvalue weighted by Gasteiger charge is -2.33. The van der Waals surface area contributed by atoms with E-state index in [1.165, 1.54) is 13.2 Å². The number of hydrogen-bond acceptors (Lipinski definition) is 9. The minimum absolute atomic E-state index is 0.121. The van der Waals surface area contributed by atoms with Gasteiger partial charge in [-0.1, -0.05) is 6.92 Å². The third kappa shape index (κ3) is 7.06. The van der Waals surface area contributed by atoms with Crippen LogP contribution >= 0.6 is 0 Å². The fourth-order valence-corrected chi connectivity index (χ4v) is 3.44. The molecule has 0 aliphatic carbocycles. The van der Waals surface area contributed by atoms with Crippen molar-refractivity contribution in [2.75, 3.05) is 26.9 Å². The maximum absolute atomic E-state index is 12.5. The number of rotatable bonds is 11.